The number of benzene rings is 2. The number of carbonyl (C=O) groups is 1. The van der Waals surface area contributed by atoms with E-state index in [0.717, 1.165) is 17.7 Å². The molecule has 1 N–H and O–H groups in total. The fourth-order valence-corrected chi connectivity index (χ4v) is 3.16. The molecule has 2 aromatic rings. The minimum absolute atomic E-state index is 0.107. The van der Waals surface area contributed by atoms with E-state index in [4.69, 9.17) is 4.74 Å². The monoisotopic (exact) mass is 329 g/mol. The first-order valence-electron chi connectivity index (χ1n) is 7.78. The predicted molar refractivity (Wildman–Crippen MR) is 95.8 cm³/mol. The van der Waals surface area contributed by atoms with E-state index in [-0.39, 0.29) is 5.91 Å². The van der Waals surface area contributed by atoms with Gasteiger partial charge >= 0.3 is 0 Å². The van der Waals surface area contributed by atoms with Gasteiger partial charge in [0.15, 0.2) is 0 Å². The zero-order valence-electron chi connectivity index (χ0n) is 13.6. The quantitative estimate of drug-likeness (QED) is 0.735. The average Bonchev–Trinajstić information content (AvgIpc) is 2.60. The number of carbonyl (C=O) groups excluding carboxylic acids is 1. The van der Waals surface area contributed by atoms with Gasteiger partial charge in [-0.2, -0.15) is 0 Å². The molecule has 0 fully saturated rings. The third-order valence-corrected chi connectivity index (χ3v) is 4.69. The lowest BCUT2D eigenvalue weighted by Gasteiger charge is -2.12. The maximum atomic E-state index is 11.9. The SMILES string of the molecule is COc1ccc(SC(C)CCC(=O)NCc2ccccc2)cc1. The second kappa shape index (κ2) is 9.26. The second-order valence-electron chi connectivity index (χ2n) is 5.41. The molecule has 0 saturated heterocycles. The number of nitrogens with one attached hydrogen (secondary N) is 1. The van der Waals surface area contributed by atoms with E-state index in [1.807, 2.05) is 42.5 Å². The number of amides is 1. The van der Waals surface area contributed by atoms with Gasteiger partial charge in [-0.15, -0.1) is 11.8 Å². The van der Waals surface area contributed by atoms with E-state index in [0.29, 0.717) is 18.2 Å². The molecule has 0 aromatic heterocycles. The van der Waals surface area contributed by atoms with Crippen LogP contribution in [0, 0.1) is 0 Å². The van der Waals surface area contributed by atoms with Crippen molar-refractivity contribution in [1.82, 2.24) is 5.32 Å². The summed E-state index contributed by atoms with van der Waals surface area (Å²) in [4.78, 5) is 13.1. The minimum atomic E-state index is 0.107. The Bertz CT molecular complexity index is 599. The summed E-state index contributed by atoms with van der Waals surface area (Å²) in [6.45, 7) is 2.75. The Morgan fingerprint density at radius 3 is 2.48 bits per heavy atom. The van der Waals surface area contributed by atoms with Crippen LogP contribution in [-0.4, -0.2) is 18.3 Å². The summed E-state index contributed by atoms with van der Waals surface area (Å²) in [5.74, 6) is 0.971. The van der Waals surface area contributed by atoms with E-state index in [1.165, 1.54) is 4.90 Å². The Morgan fingerprint density at radius 1 is 1.13 bits per heavy atom. The van der Waals surface area contributed by atoms with Crippen LogP contribution in [0.5, 0.6) is 5.75 Å². The molecular weight excluding hydrogens is 306 g/mol. The molecule has 0 saturated carbocycles. The molecule has 23 heavy (non-hydrogen) atoms. The van der Waals surface area contributed by atoms with Gasteiger partial charge in [-0.1, -0.05) is 37.3 Å². The summed E-state index contributed by atoms with van der Waals surface area (Å²) < 4.78 is 5.15. The Balaban J connectivity index is 1.68. The normalized spacial score (nSPS) is 11.7. The topological polar surface area (TPSA) is 38.3 Å². The van der Waals surface area contributed by atoms with Crippen molar-refractivity contribution in [3.63, 3.8) is 0 Å². The lowest BCUT2D eigenvalue weighted by atomic mass is 10.2. The number of ether oxygens (including phenoxy) is 1. The molecule has 0 bridgehead atoms. The van der Waals surface area contributed by atoms with E-state index < -0.39 is 0 Å². The average molecular weight is 329 g/mol. The zero-order chi connectivity index (χ0) is 16.5. The lowest BCUT2D eigenvalue weighted by Crippen LogP contribution is -2.23. The third-order valence-electron chi connectivity index (χ3n) is 3.51. The summed E-state index contributed by atoms with van der Waals surface area (Å²) in [6.07, 6.45) is 1.41. The molecule has 0 aliphatic carbocycles. The largest absolute Gasteiger partial charge is 0.497 e. The molecule has 2 aromatic carbocycles. The van der Waals surface area contributed by atoms with Crippen LogP contribution in [0.2, 0.25) is 0 Å². The number of hydrogen-bond donors (Lipinski definition) is 1. The maximum absolute atomic E-state index is 11.9. The third kappa shape index (κ3) is 6.37. The van der Waals surface area contributed by atoms with Crippen molar-refractivity contribution in [1.29, 1.82) is 0 Å². The van der Waals surface area contributed by atoms with Gasteiger partial charge in [0.2, 0.25) is 5.91 Å². The van der Waals surface area contributed by atoms with Crippen LogP contribution in [0.4, 0.5) is 0 Å². The van der Waals surface area contributed by atoms with Crippen LogP contribution in [0.25, 0.3) is 0 Å². The molecule has 0 aliphatic rings. The maximum Gasteiger partial charge on any atom is 0.220 e. The number of hydrogen-bond acceptors (Lipinski definition) is 3. The fraction of sp³-hybridized carbons (Fsp3) is 0.316. The molecule has 4 heteroatoms. The highest BCUT2D eigenvalue weighted by atomic mass is 32.2. The van der Waals surface area contributed by atoms with E-state index in [9.17, 15) is 4.79 Å². The van der Waals surface area contributed by atoms with Gasteiger partial charge in [-0.05, 0) is 36.2 Å². The van der Waals surface area contributed by atoms with E-state index >= 15 is 0 Å². The first-order chi connectivity index (χ1) is 11.2. The molecule has 2 rings (SSSR count). The van der Waals surface area contributed by atoms with Crippen LogP contribution >= 0.6 is 11.8 Å². The summed E-state index contributed by atoms with van der Waals surface area (Å²) in [7, 11) is 1.67. The Morgan fingerprint density at radius 2 is 1.83 bits per heavy atom. The van der Waals surface area contributed by atoms with Crippen molar-refractivity contribution in [2.24, 2.45) is 0 Å². The van der Waals surface area contributed by atoms with Gasteiger partial charge in [-0.25, -0.2) is 0 Å². The smallest absolute Gasteiger partial charge is 0.220 e. The van der Waals surface area contributed by atoms with Gasteiger partial charge < -0.3 is 10.1 Å². The van der Waals surface area contributed by atoms with Crippen molar-refractivity contribution >= 4 is 17.7 Å². The first-order valence-corrected chi connectivity index (χ1v) is 8.66. The molecule has 1 unspecified atom stereocenters. The van der Waals surface area contributed by atoms with Gasteiger partial charge in [-0.3, -0.25) is 4.79 Å². The highest BCUT2D eigenvalue weighted by molar-refractivity contribution is 7.99. The number of thioether (sulfide) groups is 1. The standard InChI is InChI=1S/C19H23NO2S/c1-15(23-18-11-9-17(22-2)10-12-18)8-13-19(21)20-14-16-6-4-3-5-7-16/h3-7,9-12,15H,8,13-14H2,1-2H3,(H,20,21). The van der Waals surface area contributed by atoms with E-state index in [1.54, 1.807) is 18.9 Å². The van der Waals surface area contributed by atoms with Crippen LogP contribution in [-0.2, 0) is 11.3 Å². The molecule has 122 valence electrons. The fourth-order valence-electron chi connectivity index (χ4n) is 2.16. The lowest BCUT2D eigenvalue weighted by molar-refractivity contribution is -0.121. The molecule has 0 radical (unpaired) electrons. The number of rotatable bonds is 8. The summed E-state index contributed by atoms with van der Waals surface area (Å²) >= 11 is 1.78. The van der Waals surface area contributed by atoms with E-state index in [2.05, 4.69) is 24.4 Å². The minimum Gasteiger partial charge on any atom is -0.497 e. The molecule has 0 aliphatic heterocycles. The van der Waals surface area contributed by atoms with Crippen molar-refractivity contribution in [3.05, 3.63) is 60.2 Å². The van der Waals surface area contributed by atoms with Crippen LogP contribution in [0.15, 0.2) is 59.5 Å². The zero-order valence-corrected chi connectivity index (χ0v) is 14.4. The molecule has 1 atom stereocenters. The van der Waals surface area contributed by atoms with Gasteiger partial charge in [0.25, 0.3) is 0 Å². The Hall–Kier alpha value is -1.94. The second-order valence-corrected chi connectivity index (χ2v) is 6.92. The van der Waals surface area contributed by atoms with Crippen molar-refractivity contribution in [2.45, 2.75) is 36.5 Å². The van der Waals surface area contributed by atoms with Crippen LogP contribution in [0.1, 0.15) is 25.3 Å². The van der Waals surface area contributed by atoms with Crippen molar-refractivity contribution in [2.75, 3.05) is 7.11 Å². The van der Waals surface area contributed by atoms with Gasteiger partial charge in [0.05, 0.1) is 7.11 Å². The van der Waals surface area contributed by atoms with Crippen molar-refractivity contribution < 1.29 is 9.53 Å². The van der Waals surface area contributed by atoms with Crippen LogP contribution in [0.3, 0.4) is 0 Å². The summed E-state index contributed by atoms with van der Waals surface area (Å²) in [5, 5.41) is 3.36. The first kappa shape index (κ1) is 17.4. The summed E-state index contributed by atoms with van der Waals surface area (Å²) in [5.41, 5.74) is 1.13. The van der Waals surface area contributed by atoms with Crippen LogP contribution < -0.4 is 10.1 Å². The summed E-state index contributed by atoms with van der Waals surface area (Å²) in [6, 6.07) is 18.0. The number of methoxy groups -OCH3 is 1. The van der Waals surface area contributed by atoms with Gasteiger partial charge in [0.1, 0.15) is 5.75 Å². The van der Waals surface area contributed by atoms with Gasteiger partial charge in [0, 0.05) is 23.1 Å². The predicted octanol–water partition coefficient (Wildman–Crippen LogP) is 4.27. The van der Waals surface area contributed by atoms with Crippen molar-refractivity contribution in [3.8, 4) is 5.75 Å². The molecular formula is C19H23NO2S. The highest BCUT2D eigenvalue weighted by Crippen LogP contribution is 2.27. The molecule has 0 spiro atoms. The Labute approximate surface area is 142 Å². The molecule has 1 amide bonds. The Kier molecular flexibility index (Phi) is 7.01. The molecule has 3 nitrogen and oxygen atoms in total. The highest BCUT2D eigenvalue weighted by Gasteiger charge is 2.08. The molecule has 0 heterocycles.